The van der Waals surface area contributed by atoms with Crippen LogP contribution in [-0.4, -0.2) is 98.7 Å². The lowest BCUT2D eigenvalue weighted by atomic mass is 10.0. The number of rotatable bonds is 6. The zero-order valence-electron chi connectivity index (χ0n) is 31.7. The molecule has 0 saturated carbocycles. The highest BCUT2D eigenvalue weighted by Crippen LogP contribution is 2.37. The van der Waals surface area contributed by atoms with Crippen molar-refractivity contribution in [2.24, 2.45) is 5.92 Å². The number of ether oxygens (including phenoxy) is 4. The van der Waals surface area contributed by atoms with Crippen LogP contribution in [0.1, 0.15) is 59.9 Å². The van der Waals surface area contributed by atoms with Crippen LogP contribution < -0.4 is 40.2 Å². The van der Waals surface area contributed by atoms with Crippen LogP contribution in [0.15, 0.2) is 54.6 Å². The molecule has 1 aliphatic heterocycles. The maximum atomic E-state index is 14.2. The Hall–Kier alpha value is -5.90. The molecule has 1 heterocycles. The van der Waals surface area contributed by atoms with Gasteiger partial charge in [0.1, 0.15) is 23.6 Å². The Morgan fingerprint density at radius 2 is 1.56 bits per heavy atom. The zero-order chi connectivity index (χ0) is 40.2. The molecule has 296 valence electrons. The van der Waals surface area contributed by atoms with Gasteiger partial charge < -0.3 is 50.2 Å². The van der Waals surface area contributed by atoms with E-state index < -0.39 is 66.0 Å². The fraction of sp³-hybridized carbons (Fsp3) is 0.410. The quantitative estimate of drug-likeness (QED) is 0.249. The van der Waals surface area contributed by atoms with Crippen molar-refractivity contribution in [1.82, 2.24) is 26.2 Å². The van der Waals surface area contributed by atoms with Crippen LogP contribution in [0.4, 0.5) is 4.39 Å². The maximum absolute atomic E-state index is 14.2. The standard InChI is InChI=1S/C39H48FN5O10/c1-22(2)34-37(49)42-20-26-28(52-4)10-9-11-29(26)55-32-18-24(13-15-30(32)53-5)36(48)41-16-7-8-17-45(21-33(47)43-35(23(3)46)38(50)44-34)39(51)25-12-14-27(40)31(19-25)54-6/h9-15,18-19,22-23,34-35,46H,7-8,16-17,20-21H2,1-6H3,(H,41,48)(H,42,49)(H,43,47)(H,44,50)/t23-,34-,35+/m1/s1. The normalized spacial score (nSPS) is 18.4. The van der Waals surface area contributed by atoms with Crippen molar-refractivity contribution in [3.05, 3.63) is 77.1 Å². The molecule has 3 atom stereocenters. The largest absolute Gasteiger partial charge is 0.496 e. The summed E-state index contributed by atoms with van der Waals surface area (Å²) in [5.74, 6) is -3.25. The molecule has 0 aromatic heterocycles. The van der Waals surface area contributed by atoms with Crippen LogP contribution in [0.3, 0.4) is 0 Å². The SMILES string of the molecule is COc1cc(C(=O)N2CCCCNC(=O)c3ccc(OC)c(c3)Oc3cccc(OC)c3CNC(=O)[C@@H](C(C)C)NC(=O)[C@H]([C@@H](C)O)NC(=O)C2)ccc1F. The lowest BCUT2D eigenvalue weighted by molar-refractivity contribution is -0.135. The minimum absolute atomic E-state index is 0.0341. The third-order valence-electron chi connectivity index (χ3n) is 8.88. The molecule has 3 aromatic rings. The minimum Gasteiger partial charge on any atom is -0.496 e. The number of hydrogen-bond acceptors (Lipinski definition) is 10. The Labute approximate surface area is 318 Å². The van der Waals surface area contributed by atoms with Crippen molar-refractivity contribution in [3.8, 4) is 28.7 Å². The van der Waals surface area contributed by atoms with Gasteiger partial charge in [-0.25, -0.2) is 4.39 Å². The number of methoxy groups -OCH3 is 3. The van der Waals surface area contributed by atoms with Gasteiger partial charge >= 0.3 is 0 Å². The van der Waals surface area contributed by atoms with Crippen LogP contribution in [0.5, 0.6) is 28.7 Å². The van der Waals surface area contributed by atoms with Crippen LogP contribution >= 0.6 is 0 Å². The number of aliphatic hydroxyl groups is 1. The number of fused-ring (bicyclic) bond motifs is 3. The van der Waals surface area contributed by atoms with E-state index in [2.05, 4.69) is 21.3 Å². The van der Waals surface area contributed by atoms with Crippen LogP contribution in [0, 0.1) is 11.7 Å². The van der Waals surface area contributed by atoms with E-state index in [-0.39, 0.29) is 42.3 Å². The first-order valence-corrected chi connectivity index (χ1v) is 17.8. The minimum atomic E-state index is -1.50. The first kappa shape index (κ1) is 41.9. The molecule has 0 spiro atoms. The molecule has 55 heavy (non-hydrogen) atoms. The molecule has 0 saturated heterocycles. The molecular weight excluding hydrogens is 717 g/mol. The summed E-state index contributed by atoms with van der Waals surface area (Å²) < 4.78 is 36.5. The van der Waals surface area contributed by atoms with Crippen LogP contribution in [0.25, 0.3) is 0 Å². The summed E-state index contributed by atoms with van der Waals surface area (Å²) in [7, 11) is 4.17. The summed E-state index contributed by atoms with van der Waals surface area (Å²) in [6, 6.07) is 10.7. The first-order chi connectivity index (χ1) is 26.3. The molecule has 2 bridgehead atoms. The molecule has 0 radical (unpaired) electrons. The highest BCUT2D eigenvalue weighted by Gasteiger charge is 2.32. The van der Waals surface area contributed by atoms with E-state index in [1.165, 1.54) is 51.4 Å². The number of benzene rings is 3. The van der Waals surface area contributed by atoms with Crippen LogP contribution in [0.2, 0.25) is 0 Å². The predicted octanol–water partition coefficient (Wildman–Crippen LogP) is 2.93. The summed E-state index contributed by atoms with van der Waals surface area (Å²) in [6.45, 7) is 4.35. The molecule has 3 aromatic carbocycles. The topological polar surface area (TPSA) is 194 Å². The highest BCUT2D eigenvalue weighted by atomic mass is 19.1. The van der Waals surface area contributed by atoms with Gasteiger partial charge in [0.25, 0.3) is 11.8 Å². The molecule has 0 aliphatic carbocycles. The van der Waals surface area contributed by atoms with E-state index in [0.717, 1.165) is 6.07 Å². The van der Waals surface area contributed by atoms with E-state index >= 15 is 0 Å². The van der Waals surface area contributed by atoms with Crippen molar-refractivity contribution in [1.29, 1.82) is 0 Å². The van der Waals surface area contributed by atoms with Gasteiger partial charge in [-0.05, 0) is 74.2 Å². The fourth-order valence-electron chi connectivity index (χ4n) is 5.84. The summed E-state index contributed by atoms with van der Waals surface area (Å²) in [5.41, 5.74) is 0.772. The summed E-state index contributed by atoms with van der Waals surface area (Å²) >= 11 is 0. The number of carbonyl (C=O) groups excluding carboxylic acids is 5. The lowest BCUT2D eigenvalue weighted by Crippen LogP contribution is -2.59. The third-order valence-corrected chi connectivity index (χ3v) is 8.88. The molecule has 15 nitrogen and oxygen atoms in total. The van der Waals surface area contributed by atoms with E-state index in [1.54, 1.807) is 44.2 Å². The van der Waals surface area contributed by atoms with E-state index in [0.29, 0.717) is 35.7 Å². The van der Waals surface area contributed by atoms with Crippen molar-refractivity contribution in [3.63, 3.8) is 0 Å². The van der Waals surface area contributed by atoms with Gasteiger partial charge in [-0.2, -0.15) is 0 Å². The number of nitrogens with one attached hydrogen (secondary N) is 4. The van der Waals surface area contributed by atoms with Gasteiger partial charge in [0, 0.05) is 24.2 Å². The number of carbonyl (C=O) groups is 5. The van der Waals surface area contributed by atoms with Crippen molar-refractivity contribution < 1.29 is 52.4 Å². The van der Waals surface area contributed by atoms with E-state index in [9.17, 15) is 33.5 Å². The van der Waals surface area contributed by atoms with Crippen molar-refractivity contribution in [2.45, 2.75) is 58.3 Å². The molecule has 0 unspecified atom stereocenters. The third kappa shape index (κ3) is 10.8. The molecule has 4 rings (SSSR count). The average molecular weight is 766 g/mol. The van der Waals surface area contributed by atoms with Gasteiger partial charge in [-0.1, -0.05) is 19.9 Å². The van der Waals surface area contributed by atoms with Gasteiger partial charge in [0.05, 0.1) is 46.1 Å². The number of hydrogen-bond donors (Lipinski definition) is 5. The van der Waals surface area contributed by atoms with Gasteiger partial charge in [-0.15, -0.1) is 0 Å². The van der Waals surface area contributed by atoms with E-state index in [1.807, 2.05) is 0 Å². The van der Waals surface area contributed by atoms with Crippen LogP contribution in [-0.2, 0) is 20.9 Å². The summed E-state index contributed by atoms with van der Waals surface area (Å²) in [4.78, 5) is 68.7. The Kier molecular flexibility index (Phi) is 14.8. The van der Waals surface area contributed by atoms with Gasteiger partial charge in [0.15, 0.2) is 23.1 Å². The lowest BCUT2D eigenvalue weighted by Gasteiger charge is -2.28. The first-order valence-electron chi connectivity index (χ1n) is 17.8. The molecule has 16 heteroatoms. The number of amides is 5. The number of nitrogens with zero attached hydrogens (tertiary/aromatic N) is 1. The Balaban J connectivity index is 1.69. The Bertz CT molecular complexity index is 1870. The maximum Gasteiger partial charge on any atom is 0.254 e. The molecule has 1 aliphatic rings. The highest BCUT2D eigenvalue weighted by molar-refractivity contribution is 5.98. The monoisotopic (exact) mass is 765 g/mol. The van der Waals surface area contributed by atoms with Crippen molar-refractivity contribution in [2.75, 3.05) is 41.0 Å². The summed E-state index contributed by atoms with van der Waals surface area (Å²) in [5, 5.41) is 21.4. The van der Waals surface area contributed by atoms with Crippen molar-refractivity contribution >= 4 is 29.5 Å². The molecule has 5 amide bonds. The predicted molar refractivity (Wildman–Crippen MR) is 199 cm³/mol. The Morgan fingerprint density at radius 1 is 0.836 bits per heavy atom. The number of halogens is 1. The van der Waals surface area contributed by atoms with Gasteiger partial charge in [-0.3, -0.25) is 24.0 Å². The number of aliphatic hydroxyl groups excluding tert-OH is 1. The molecule has 0 fully saturated rings. The average Bonchev–Trinajstić information content (AvgIpc) is 3.16. The second-order valence-corrected chi connectivity index (χ2v) is 13.2. The zero-order valence-corrected chi connectivity index (χ0v) is 31.7. The smallest absolute Gasteiger partial charge is 0.254 e. The summed E-state index contributed by atoms with van der Waals surface area (Å²) in [6.07, 6.45) is -0.669. The molecular formula is C39H48FN5O10. The molecule has 5 N–H and O–H groups in total. The fourth-order valence-corrected chi connectivity index (χ4v) is 5.84. The van der Waals surface area contributed by atoms with Gasteiger partial charge in [0.2, 0.25) is 17.7 Å². The second-order valence-electron chi connectivity index (χ2n) is 13.2. The Morgan fingerprint density at radius 3 is 2.24 bits per heavy atom. The van der Waals surface area contributed by atoms with E-state index in [4.69, 9.17) is 18.9 Å². The second kappa shape index (κ2) is 19.4.